The van der Waals surface area contributed by atoms with Crippen molar-refractivity contribution in [3.05, 3.63) is 29.8 Å². The van der Waals surface area contributed by atoms with Crippen molar-refractivity contribution in [2.24, 2.45) is 0 Å². The fourth-order valence-electron chi connectivity index (χ4n) is 1.20. The van der Waals surface area contributed by atoms with E-state index in [1.54, 1.807) is 0 Å². The summed E-state index contributed by atoms with van der Waals surface area (Å²) >= 11 is 0. The van der Waals surface area contributed by atoms with E-state index >= 15 is 0 Å². The molecule has 1 aromatic carbocycles. The average molecular weight is 296 g/mol. The van der Waals surface area contributed by atoms with Crippen molar-refractivity contribution in [3.63, 3.8) is 0 Å². The summed E-state index contributed by atoms with van der Waals surface area (Å²) in [4.78, 5) is 11.7. The van der Waals surface area contributed by atoms with Gasteiger partial charge in [0.15, 0.2) is 13.2 Å². The van der Waals surface area contributed by atoms with E-state index in [1.807, 2.05) is 0 Å². The first-order valence-corrected chi connectivity index (χ1v) is 7.68. The van der Waals surface area contributed by atoms with Crippen LogP contribution in [-0.2, 0) is 9.09 Å². The van der Waals surface area contributed by atoms with Gasteiger partial charge in [-0.3, -0.25) is 9.36 Å². The van der Waals surface area contributed by atoms with Crippen LogP contribution in [0.25, 0.3) is 0 Å². The second-order valence-corrected chi connectivity index (χ2v) is 6.75. The lowest BCUT2D eigenvalue weighted by molar-refractivity contribution is -0.274. The monoisotopic (exact) mass is 296 g/mol. The third-order valence-corrected chi connectivity index (χ3v) is 2.67. The minimum atomic E-state index is -4.89. The summed E-state index contributed by atoms with van der Waals surface area (Å²) < 4.78 is 56.3. The molecule has 0 amide bonds. The fraction of sp³-hybridized carbons (Fsp3) is 0.364. The highest BCUT2D eigenvalue weighted by atomic mass is 31.2. The summed E-state index contributed by atoms with van der Waals surface area (Å²) in [7, 11) is -2.88. The molecule has 0 aliphatic rings. The van der Waals surface area contributed by atoms with E-state index in [9.17, 15) is 22.5 Å². The Morgan fingerprint density at radius 1 is 1.26 bits per heavy atom. The molecule has 0 heterocycles. The summed E-state index contributed by atoms with van der Waals surface area (Å²) in [5, 5.41) is 0. The van der Waals surface area contributed by atoms with E-state index in [0.717, 1.165) is 6.07 Å². The lowest BCUT2D eigenvalue weighted by Gasteiger charge is -2.13. The van der Waals surface area contributed by atoms with Gasteiger partial charge in [0.2, 0.25) is 0 Å². The van der Waals surface area contributed by atoms with E-state index < -0.39 is 31.9 Å². The highest BCUT2D eigenvalue weighted by molar-refractivity contribution is 7.57. The normalized spacial score (nSPS) is 12.3. The van der Waals surface area contributed by atoms with Gasteiger partial charge in [-0.25, -0.2) is 0 Å². The molecular formula is C11H12F3O4P. The zero-order chi connectivity index (χ0) is 14.7. The molecule has 106 valence electrons. The smallest absolute Gasteiger partial charge is 0.405 e. The molecule has 0 bridgehead atoms. The van der Waals surface area contributed by atoms with Crippen LogP contribution >= 0.6 is 7.37 Å². The van der Waals surface area contributed by atoms with Crippen molar-refractivity contribution in [2.75, 3.05) is 19.9 Å². The predicted octanol–water partition coefficient (Wildman–Crippen LogP) is 3.32. The molecule has 19 heavy (non-hydrogen) atoms. The average Bonchev–Trinajstić information content (AvgIpc) is 2.23. The number of rotatable bonds is 5. The van der Waals surface area contributed by atoms with Gasteiger partial charge in [0, 0.05) is 13.3 Å². The minimum Gasteiger partial charge on any atom is -0.405 e. The van der Waals surface area contributed by atoms with Crippen molar-refractivity contribution in [1.82, 2.24) is 0 Å². The number of benzene rings is 1. The zero-order valence-corrected chi connectivity index (χ0v) is 11.1. The third-order valence-electron chi connectivity index (χ3n) is 1.92. The largest absolute Gasteiger partial charge is 0.573 e. The van der Waals surface area contributed by atoms with E-state index in [2.05, 4.69) is 4.74 Å². The summed E-state index contributed by atoms with van der Waals surface area (Å²) in [5.74, 6) is -1.34. The van der Waals surface area contributed by atoms with Crippen LogP contribution in [0.5, 0.6) is 5.75 Å². The predicted molar refractivity (Wildman–Crippen MR) is 62.9 cm³/mol. The second-order valence-electron chi connectivity index (χ2n) is 3.99. The van der Waals surface area contributed by atoms with E-state index in [0.29, 0.717) is 0 Å². The van der Waals surface area contributed by atoms with Crippen LogP contribution in [0.2, 0.25) is 0 Å². The van der Waals surface area contributed by atoms with Crippen molar-refractivity contribution >= 4 is 13.2 Å². The Labute approximate surface area is 108 Å². The van der Waals surface area contributed by atoms with Crippen molar-refractivity contribution < 1.29 is 31.8 Å². The van der Waals surface area contributed by atoms with E-state index in [1.165, 1.54) is 31.5 Å². The second kappa shape index (κ2) is 5.75. The summed E-state index contributed by atoms with van der Waals surface area (Å²) in [6.07, 6.45) is -4.89. The quantitative estimate of drug-likeness (QED) is 0.618. The first-order valence-electron chi connectivity index (χ1n) is 5.16. The number of hydrogen-bond acceptors (Lipinski definition) is 4. The van der Waals surface area contributed by atoms with Gasteiger partial charge < -0.3 is 9.26 Å². The molecule has 0 atom stereocenters. The summed E-state index contributed by atoms with van der Waals surface area (Å²) in [5.41, 5.74) is -0.270. The lowest BCUT2D eigenvalue weighted by atomic mass is 10.1. The maximum Gasteiger partial charge on any atom is 0.573 e. The van der Waals surface area contributed by atoms with E-state index in [4.69, 9.17) is 4.52 Å². The Bertz CT molecular complexity index is 507. The van der Waals surface area contributed by atoms with Gasteiger partial charge in [-0.15, -0.1) is 13.2 Å². The van der Waals surface area contributed by atoms with Crippen molar-refractivity contribution in [1.29, 1.82) is 0 Å². The maximum absolute atomic E-state index is 12.2. The van der Waals surface area contributed by atoms with Crippen LogP contribution in [0, 0.1) is 0 Å². The number of halogens is 3. The number of carbonyl (C=O) groups excluding carboxylic acids is 1. The molecular weight excluding hydrogens is 284 g/mol. The van der Waals surface area contributed by atoms with Crippen LogP contribution in [0.15, 0.2) is 24.3 Å². The minimum absolute atomic E-state index is 0.270. The molecule has 0 spiro atoms. The number of alkyl halides is 3. The SMILES string of the molecule is CP(C)(=O)OCC(=O)c1ccccc1OC(F)(F)F. The van der Waals surface area contributed by atoms with Crippen molar-refractivity contribution in [2.45, 2.75) is 6.36 Å². The van der Waals surface area contributed by atoms with E-state index in [-0.39, 0.29) is 5.56 Å². The first kappa shape index (κ1) is 15.7. The molecule has 0 aliphatic carbocycles. The first-order chi connectivity index (χ1) is 8.58. The molecule has 0 N–H and O–H groups in total. The lowest BCUT2D eigenvalue weighted by Crippen LogP contribution is -2.19. The van der Waals surface area contributed by atoms with Crippen LogP contribution in [0.4, 0.5) is 13.2 Å². The van der Waals surface area contributed by atoms with Crippen LogP contribution < -0.4 is 4.74 Å². The Morgan fingerprint density at radius 2 is 1.84 bits per heavy atom. The van der Waals surface area contributed by atoms with Gasteiger partial charge in [0.25, 0.3) is 0 Å². The highest BCUT2D eigenvalue weighted by Crippen LogP contribution is 2.37. The fourth-order valence-corrected chi connectivity index (χ4v) is 1.63. The van der Waals surface area contributed by atoms with Crippen LogP contribution in [0.1, 0.15) is 10.4 Å². The zero-order valence-electron chi connectivity index (χ0n) is 10.2. The number of carbonyl (C=O) groups is 1. The van der Waals surface area contributed by atoms with Gasteiger partial charge in [-0.2, -0.15) is 0 Å². The Hall–Kier alpha value is -1.33. The molecule has 1 rings (SSSR count). The Balaban J connectivity index is 2.88. The number of ether oxygens (including phenoxy) is 1. The van der Waals surface area contributed by atoms with Crippen LogP contribution in [-0.4, -0.2) is 32.1 Å². The number of hydrogen-bond donors (Lipinski definition) is 0. The van der Waals surface area contributed by atoms with Crippen LogP contribution in [0.3, 0.4) is 0 Å². The van der Waals surface area contributed by atoms with Gasteiger partial charge in [0.05, 0.1) is 5.56 Å². The molecule has 0 aliphatic heterocycles. The number of para-hydroxylation sites is 1. The Kier molecular flexibility index (Phi) is 4.76. The number of Topliss-reactive ketones (excluding diaryl/α,β-unsaturated/α-hetero) is 1. The molecule has 0 fully saturated rings. The molecule has 0 saturated heterocycles. The molecule has 4 nitrogen and oxygen atoms in total. The highest BCUT2D eigenvalue weighted by Gasteiger charge is 2.32. The topological polar surface area (TPSA) is 52.6 Å². The van der Waals surface area contributed by atoms with Gasteiger partial charge in [0.1, 0.15) is 12.4 Å². The summed E-state index contributed by atoms with van der Waals surface area (Å²) in [6, 6.07) is 4.92. The molecule has 1 aromatic rings. The summed E-state index contributed by atoms with van der Waals surface area (Å²) in [6.45, 7) is 2.04. The van der Waals surface area contributed by atoms with Crippen molar-refractivity contribution in [3.8, 4) is 5.75 Å². The molecule has 0 aromatic heterocycles. The van der Waals surface area contributed by atoms with Gasteiger partial charge >= 0.3 is 6.36 Å². The number of ketones is 1. The van der Waals surface area contributed by atoms with Gasteiger partial charge in [-0.1, -0.05) is 12.1 Å². The molecule has 0 unspecified atom stereocenters. The molecule has 0 radical (unpaired) electrons. The molecule has 8 heteroatoms. The standard InChI is InChI=1S/C11H12F3O4P/c1-19(2,16)17-7-9(15)8-5-3-4-6-10(8)18-11(12,13)14/h3-6H,7H2,1-2H3. The third kappa shape index (κ3) is 5.89. The molecule has 0 saturated carbocycles. The maximum atomic E-state index is 12.2. The Morgan fingerprint density at radius 3 is 2.37 bits per heavy atom. The van der Waals surface area contributed by atoms with Gasteiger partial charge in [-0.05, 0) is 12.1 Å².